The van der Waals surface area contributed by atoms with Gasteiger partial charge in [0, 0.05) is 19.6 Å². The van der Waals surface area contributed by atoms with Gasteiger partial charge < -0.3 is 20.6 Å². The molecule has 130 valence electrons. The van der Waals surface area contributed by atoms with Crippen molar-refractivity contribution in [2.75, 3.05) is 32.7 Å². The molecule has 1 fully saturated rings. The van der Waals surface area contributed by atoms with Crippen LogP contribution in [0.25, 0.3) is 0 Å². The zero-order valence-corrected chi connectivity index (χ0v) is 13.2. The number of rotatable bonds is 4. The van der Waals surface area contributed by atoms with Crippen LogP contribution in [0.4, 0.5) is 0 Å². The van der Waals surface area contributed by atoms with Crippen molar-refractivity contribution >= 4 is 6.41 Å². The van der Waals surface area contributed by atoms with E-state index in [2.05, 4.69) is 15.5 Å². The first-order valence-corrected chi connectivity index (χ1v) is 8.20. The molecular weight excluding hydrogens is 290 g/mol. The van der Waals surface area contributed by atoms with E-state index >= 15 is 0 Å². The molecule has 23 heavy (non-hydrogen) atoms. The molecule has 0 atom stereocenters. The third-order valence-electron chi connectivity index (χ3n) is 4.18. The van der Waals surface area contributed by atoms with Crippen molar-refractivity contribution in [3.63, 3.8) is 0 Å². The van der Waals surface area contributed by atoms with Gasteiger partial charge >= 0.3 is 0 Å². The number of nitrogens with one attached hydrogen (secondary N) is 2. The summed E-state index contributed by atoms with van der Waals surface area (Å²) in [5.41, 5.74) is 2.60. The van der Waals surface area contributed by atoms with Crippen molar-refractivity contribution in [1.82, 2.24) is 15.5 Å². The molecule has 5 heteroatoms. The molecule has 0 unspecified atom stereocenters. The normalized spacial score (nSPS) is 17.0. The summed E-state index contributed by atoms with van der Waals surface area (Å²) >= 11 is 0. The van der Waals surface area contributed by atoms with Gasteiger partial charge in [-0.3, -0.25) is 4.79 Å². The number of hydrogen-bond donors (Lipinski definition) is 3. The van der Waals surface area contributed by atoms with E-state index in [1.165, 1.54) is 43.5 Å². The molecule has 0 radical (unpaired) electrons. The topological polar surface area (TPSA) is 64.6 Å². The Balaban J connectivity index is 0.000000220. The van der Waals surface area contributed by atoms with Gasteiger partial charge in [0.2, 0.25) is 6.41 Å². The van der Waals surface area contributed by atoms with E-state index in [4.69, 9.17) is 5.11 Å². The molecule has 3 rings (SSSR count). The van der Waals surface area contributed by atoms with Crippen molar-refractivity contribution in [3.05, 3.63) is 29.3 Å². The first-order chi connectivity index (χ1) is 10.8. The van der Waals surface area contributed by atoms with Crippen LogP contribution in [0.3, 0.4) is 0 Å². The van der Waals surface area contributed by atoms with Crippen LogP contribution in [0.1, 0.15) is 37.8 Å². The highest BCUT2D eigenvalue weighted by atomic mass is 16.3. The average Bonchev–Trinajstić information content (AvgIpc) is 2.57. The van der Waals surface area contributed by atoms with Gasteiger partial charge in [-0.1, -0.05) is 19.9 Å². The van der Waals surface area contributed by atoms with Gasteiger partial charge in [0.15, 0.2) is 0 Å². The van der Waals surface area contributed by atoms with Crippen LogP contribution in [0.15, 0.2) is 18.2 Å². The van der Waals surface area contributed by atoms with Crippen LogP contribution in [0.5, 0.6) is 5.75 Å². The molecule has 1 amide bonds. The largest absolute Gasteiger partial charge is 0.508 e. The fourth-order valence-corrected chi connectivity index (χ4v) is 2.93. The minimum absolute atomic E-state index is 0. The number of nitrogens with zero attached hydrogens (tertiary/aromatic N) is 1. The third kappa shape index (κ3) is 7.01. The predicted molar refractivity (Wildman–Crippen MR) is 94.6 cm³/mol. The summed E-state index contributed by atoms with van der Waals surface area (Å²) < 4.78 is 0. The second-order valence-electron chi connectivity index (χ2n) is 5.85. The fourth-order valence-electron chi connectivity index (χ4n) is 2.93. The molecule has 0 aromatic heterocycles. The number of piperidine rings is 1. The Hall–Kier alpha value is -1.59. The first-order valence-electron chi connectivity index (χ1n) is 8.20. The lowest BCUT2D eigenvalue weighted by Crippen LogP contribution is -2.35. The van der Waals surface area contributed by atoms with Crippen LogP contribution in [-0.4, -0.2) is 49.1 Å². The summed E-state index contributed by atoms with van der Waals surface area (Å²) in [6.07, 6.45) is 5.86. The molecule has 0 saturated carbocycles. The summed E-state index contributed by atoms with van der Waals surface area (Å²) in [5, 5.41) is 15.1. The number of carbonyl (C=O) groups excluding carboxylic acids is 1. The fraction of sp³-hybridized carbons (Fsp3) is 0.611. The molecule has 1 aromatic rings. The highest BCUT2D eigenvalue weighted by Crippen LogP contribution is 2.18. The Morgan fingerprint density at radius 2 is 2.00 bits per heavy atom. The Morgan fingerprint density at radius 3 is 2.74 bits per heavy atom. The molecule has 2 aliphatic heterocycles. The third-order valence-corrected chi connectivity index (χ3v) is 4.18. The van der Waals surface area contributed by atoms with E-state index < -0.39 is 0 Å². The second kappa shape index (κ2) is 11.0. The lowest BCUT2D eigenvalue weighted by Gasteiger charge is -2.25. The molecule has 1 aromatic carbocycles. The van der Waals surface area contributed by atoms with Gasteiger partial charge in [0.1, 0.15) is 5.75 Å². The van der Waals surface area contributed by atoms with Crippen LogP contribution in [0, 0.1) is 0 Å². The van der Waals surface area contributed by atoms with Gasteiger partial charge in [0.25, 0.3) is 0 Å². The van der Waals surface area contributed by atoms with Gasteiger partial charge in [-0.05, 0) is 62.2 Å². The van der Waals surface area contributed by atoms with Gasteiger partial charge in [-0.15, -0.1) is 0 Å². The smallest absolute Gasteiger partial charge is 0.207 e. The standard InChI is InChI=1S/C9H11NO.C8H16N2O.CH4/c11-9-2-1-7-3-4-10-6-8(7)5-9;11-8-9-4-7-10-5-2-1-3-6-10;/h1-2,5,10-11H,3-4,6H2;8H,1-7H2,(H,9,11);1H4. The van der Waals surface area contributed by atoms with Crippen molar-refractivity contribution in [1.29, 1.82) is 0 Å². The van der Waals surface area contributed by atoms with Gasteiger partial charge in [0.05, 0.1) is 0 Å². The highest BCUT2D eigenvalue weighted by Gasteiger charge is 2.08. The zero-order valence-electron chi connectivity index (χ0n) is 13.2. The summed E-state index contributed by atoms with van der Waals surface area (Å²) in [4.78, 5) is 12.3. The van der Waals surface area contributed by atoms with Crippen molar-refractivity contribution < 1.29 is 9.90 Å². The average molecular weight is 321 g/mol. The van der Waals surface area contributed by atoms with E-state index in [1.807, 2.05) is 12.1 Å². The van der Waals surface area contributed by atoms with Gasteiger partial charge in [-0.25, -0.2) is 0 Å². The van der Waals surface area contributed by atoms with Crippen molar-refractivity contribution in [2.24, 2.45) is 0 Å². The van der Waals surface area contributed by atoms with E-state index in [-0.39, 0.29) is 7.43 Å². The van der Waals surface area contributed by atoms with Crippen molar-refractivity contribution in [3.8, 4) is 5.75 Å². The summed E-state index contributed by atoms with van der Waals surface area (Å²) in [6.45, 7) is 6.17. The number of amides is 1. The zero-order chi connectivity index (χ0) is 15.6. The molecule has 0 bridgehead atoms. The second-order valence-corrected chi connectivity index (χ2v) is 5.85. The van der Waals surface area contributed by atoms with E-state index in [9.17, 15) is 4.79 Å². The number of benzene rings is 1. The lowest BCUT2D eigenvalue weighted by molar-refractivity contribution is -0.109. The summed E-state index contributed by atoms with van der Waals surface area (Å²) in [6, 6.07) is 5.59. The van der Waals surface area contributed by atoms with E-state index in [1.54, 1.807) is 6.07 Å². The molecule has 0 spiro atoms. The monoisotopic (exact) mass is 321 g/mol. The van der Waals surface area contributed by atoms with Crippen LogP contribution >= 0.6 is 0 Å². The number of aromatic hydroxyl groups is 1. The van der Waals surface area contributed by atoms with Gasteiger partial charge in [-0.2, -0.15) is 0 Å². The van der Waals surface area contributed by atoms with E-state index in [0.29, 0.717) is 5.75 Å². The van der Waals surface area contributed by atoms with Crippen LogP contribution in [0.2, 0.25) is 0 Å². The maximum absolute atomic E-state index is 9.92. The summed E-state index contributed by atoms with van der Waals surface area (Å²) in [5.74, 6) is 0.368. The van der Waals surface area contributed by atoms with E-state index in [0.717, 1.165) is 39.0 Å². The Bertz CT molecular complexity index is 460. The molecule has 3 N–H and O–H groups in total. The SMILES string of the molecule is C.O=CNCCN1CCCCC1.Oc1ccc2c(c1)CNCC2. The maximum Gasteiger partial charge on any atom is 0.207 e. The molecular formula is C18H31N3O2. The Morgan fingerprint density at radius 1 is 1.22 bits per heavy atom. The summed E-state index contributed by atoms with van der Waals surface area (Å²) in [7, 11) is 0. The minimum Gasteiger partial charge on any atom is -0.508 e. The first kappa shape index (κ1) is 19.5. The number of phenolic OH excluding ortho intramolecular Hbond substituents is 1. The molecule has 2 aliphatic rings. The Kier molecular flexibility index (Phi) is 9.33. The van der Waals surface area contributed by atoms with Crippen LogP contribution < -0.4 is 10.6 Å². The quantitative estimate of drug-likeness (QED) is 0.585. The van der Waals surface area contributed by atoms with Crippen molar-refractivity contribution in [2.45, 2.75) is 39.7 Å². The molecule has 5 nitrogen and oxygen atoms in total. The highest BCUT2D eigenvalue weighted by molar-refractivity contribution is 5.45. The lowest BCUT2D eigenvalue weighted by atomic mass is 10.0. The maximum atomic E-state index is 9.92. The number of hydrogen-bond acceptors (Lipinski definition) is 4. The predicted octanol–water partition coefficient (Wildman–Crippen LogP) is 1.89. The number of fused-ring (bicyclic) bond motifs is 1. The molecule has 1 saturated heterocycles. The minimum atomic E-state index is 0. The number of carbonyl (C=O) groups is 1. The number of phenols is 1. The Labute approximate surface area is 140 Å². The molecule has 0 aliphatic carbocycles. The van der Waals surface area contributed by atoms with Crippen LogP contribution in [-0.2, 0) is 17.8 Å². The number of likely N-dealkylation sites (tertiary alicyclic amines) is 1. The molecule has 2 heterocycles.